The highest BCUT2D eigenvalue weighted by Gasteiger charge is 2.10. The molecule has 0 aliphatic rings. The second-order valence-electron chi connectivity index (χ2n) is 6.65. The zero-order chi connectivity index (χ0) is 22.9. The highest BCUT2D eigenvalue weighted by Crippen LogP contribution is 2.29. The molecule has 0 N–H and O–H groups in total. The smallest absolute Gasteiger partial charge is 0.269 e. The molecule has 162 valence electrons. The van der Waals surface area contributed by atoms with Crippen LogP contribution in [0.5, 0.6) is 11.5 Å². The fraction of sp³-hybridized carbons (Fsp3) is 0.208. The minimum Gasteiger partial charge on any atom is -0.493 e. The number of rotatable bonds is 8. The molecule has 0 aliphatic heterocycles. The van der Waals surface area contributed by atoms with Crippen LogP contribution in [-0.4, -0.2) is 25.4 Å². The van der Waals surface area contributed by atoms with E-state index in [2.05, 4.69) is 0 Å². The van der Waals surface area contributed by atoms with Crippen molar-refractivity contribution in [2.75, 3.05) is 20.8 Å². The van der Waals surface area contributed by atoms with E-state index in [9.17, 15) is 15.3 Å². The molecule has 0 saturated carbocycles. The van der Waals surface area contributed by atoms with Crippen LogP contribution < -0.4 is 24.2 Å². The van der Waals surface area contributed by atoms with Gasteiger partial charge in [-0.25, -0.2) is 0 Å². The van der Waals surface area contributed by atoms with Gasteiger partial charge in [0.25, 0.3) is 5.56 Å². The van der Waals surface area contributed by atoms with Crippen LogP contribution in [0.2, 0.25) is 0 Å². The van der Waals surface area contributed by atoms with Gasteiger partial charge in [-0.2, -0.15) is 10.5 Å². The fourth-order valence-electron chi connectivity index (χ4n) is 2.99. The van der Waals surface area contributed by atoms with Gasteiger partial charge in [0.05, 0.1) is 24.8 Å². The fourth-order valence-corrected chi connectivity index (χ4v) is 4.07. The van der Waals surface area contributed by atoms with Crippen molar-refractivity contribution in [1.29, 1.82) is 10.5 Å². The van der Waals surface area contributed by atoms with Crippen molar-refractivity contribution in [3.63, 3.8) is 0 Å². The van der Waals surface area contributed by atoms with Crippen LogP contribution in [0.3, 0.4) is 0 Å². The summed E-state index contributed by atoms with van der Waals surface area (Å²) in [5.74, 6) is 1.12. The number of nitriles is 2. The number of aromatic nitrogens is 1. The predicted molar refractivity (Wildman–Crippen MR) is 122 cm³/mol. The average molecular weight is 448 g/mol. The highest BCUT2D eigenvalue weighted by molar-refractivity contribution is 7.07. The Morgan fingerprint density at radius 2 is 1.84 bits per heavy atom. The molecule has 7 nitrogen and oxygen atoms in total. The quantitative estimate of drug-likeness (QED) is 0.525. The molecule has 1 heterocycles. The first-order chi connectivity index (χ1) is 15.6. The largest absolute Gasteiger partial charge is 0.493 e. The van der Waals surface area contributed by atoms with E-state index in [-0.39, 0.29) is 24.3 Å². The molecule has 0 saturated heterocycles. The van der Waals surface area contributed by atoms with E-state index in [4.69, 9.17) is 14.2 Å². The van der Waals surface area contributed by atoms with E-state index in [1.54, 1.807) is 25.3 Å². The predicted octanol–water partition coefficient (Wildman–Crippen LogP) is 2.17. The molecule has 1 aromatic heterocycles. The standard InChI is InChI=1S/C24H21N3O4S/c1-29-11-10-27-23(28)22(32-24(27)19(14-25)15-26)13-18-8-9-20(30-2)21(12-18)31-16-17-6-4-3-5-7-17/h3-9,12-13H,10-11,16H2,1-2H3/b22-13+. The third-order valence-corrected chi connectivity index (χ3v) is 5.72. The minimum atomic E-state index is -0.285. The van der Waals surface area contributed by atoms with Crippen molar-refractivity contribution >= 4 is 23.0 Å². The summed E-state index contributed by atoms with van der Waals surface area (Å²) in [5.41, 5.74) is 1.36. The Kier molecular flexibility index (Phi) is 7.82. The number of thiazole rings is 1. The van der Waals surface area contributed by atoms with Crippen molar-refractivity contribution in [2.45, 2.75) is 13.2 Å². The molecule has 8 heteroatoms. The van der Waals surface area contributed by atoms with E-state index >= 15 is 0 Å². The zero-order valence-electron chi connectivity index (χ0n) is 17.7. The summed E-state index contributed by atoms with van der Waals surface area (Å²) in [7, 11) is 3.09. The second kappa shape index (κ2) is 11.0. The number of methoxy groups -OCH3 is 2. The second-order valence-corrected chi connectivity index (χ2v) is 7.68. The van der Waals surface area contributed by atoms with Crippen molar-refractivity contribution in [1.82, 2.24) is 4.57 Å². The monoisotopic (exact) mass is 447 g/mol. The van der Waals surface area contributed by atoms with Gasteiger partial charge in [-0.3, -0.25) is 9.36 Å². The van der Waals surface area contributed by atoms with E-state index in [1.165, 1.54) is 11.7 Å². The Morgan fingerprint density at radius 1 is 1.09 bits per heavy atom. The number of ether oxygens (including phenoxy) is 3. The third kappa shape index (κ3) is 5.25. The topological polar surface area (TPSA) is 97.3 Å². The Labute approximate surface area is 189 Å². The first-order valence-corrected chi connectivity index (χ1v) is 10.5. The molecule has 3 rings (SSSR count). The number of nitrogens with zero attached hydrogens (tertiary/aromatic N) is 3. The first-order valence-electron chi connectivity index (χ1n) is 9.70. The van der Waals surface area contributed by atoms with E-state index in [0.717, 1.165) is 22.5 Å². The summed E-state index contributed by atoms with van der Waals surface area (Å²) in [4.78, 5) is 13.0. The Balaban J connectivity index is 2.05. The van der Waals surface area contributed by atoms with Gasteiger partial charge in [0.1, 0.15) is 23.4 Å². The molecular weight excluding hydrogens is 426 g/mol. The van der Waals surface area contributed by atoms with Gasteiger partial charge in [0.2, 0.25) is 0 Å². The lowest BCUT2D eigenvalue weighted by molar-refractivity contribution is 0.186. The maximum Gasteiger partial charge on any atom is 0.269 e. The SMILES string of the molecule is COCCn1c(=C(C#N)C#N)s/c(=C/c2ccc(OC)c(OCc3ccccc3)c2)c1=O. The van der Waals surface area contributed by atoms with Gasteiger partial charge in [-0.1, -0.05) is 36.4 Å². The Hall–Kier alpha value is -3.85. The maximum atomic E-state index is 13.0. The average Bonchev–Trinajstić information content (AvgIpc) is 3.12. The number of hydrogen-bond acceptors (Lipinski definition) is 7. The van der Waals surface area contributed by atoms with Crippen LogP contribution in [-0.2, 0) is 17.9 Å². The first kappa shape index (κ1) is 22.8. The molecule has 0 radical (unpaired) electrons. The Morgan fingerprint density at radius 3 is 2.50 bits per heavy atom. The molecule has 0 aliphatic carbocycles. The third-order valence-electron chi connectivity index (χ3n) is 4.59. The molecular formula is C24H21N3O4S. The molecule has 0 atom stereocenters. The Bertz CT molecular complexity index is 1330. The maximum absolute atomic E-state index is 13.0. The summed E-state index contributed by atoms with van der Waals surface area (Å²) in [6, 6.07) is 18.9. The van der Waals surface area contributed by atoms with Crippen LogP contribution in [0.1, 0.15) is 11.1 Å². The number of hydrogen-bond donors (Lipinski definition) is 0. The van der Waals surface area contributed by atoms with Gasteiger partial charge < -0.3 is 14.2 Å². The van der Waals surface area contributed by atoms with Gasteiger partial charge in [-0.05, 0) is 29.3 Å². The van der Waals surface area contributed by atoms with Gasteiger partial charge in [-0.15, -0.1) is 11.3 Å². The molecule has 0 bridgehead atoms. The van der Waals surface area contributed by atoms with Crippen molar-refractivity contribution in [3.05, 3.63) is 79.2 Å². The summed E-state index contributed by atoms with van der Waals surface area (Å²) in [5, 5.41) is 18.6. The highest BCUT2D eigenvalue weighted by atomic mass is 32.1. The van der Waals surface area contributed by atoms with Crippen LogP contribution in [0.4, 0.5) is 0 Å². The van der Waals surface area contributed by atoms with Gasteiger partial charge in [0.15, 0.2) is 17.1 Å². The molecule has 0 fully saturated rings. The van der Waals surface area contributed by atoms with Crippen molar-refractivity contribution < 1.29 is 14.2 Å². The normalized spacial score (nSPS) is 10.9. The van der Waals surface area contributed by atoms with E-state index < -0.39 is 0 Å². The van der Waals surface area contributed by atoms with E-state index in [0.29, 0.717) is 27.3 Å². The summed E-state index contributed by atoms with van der Waals surface area (Å²) in [6.45, 7) is 0.902. The molecule has 2 aromatic carbocycles. The lowest BCUT2D eigenvalue weighted by Crippen LogP contribution is -2.33. The molecule has 0 amide bonds. The lowest BCUT2D eigenvalue weighted by Gasteiger charge is -2.11. The molecule has 0 spiro atoms. The van der Waals surface area contributed by atoms with E-state index in [1.807, 2.05) is 48.5 Å². The van der Waals surface area contributed by atoms with Crippen molar-refractivity contribution in [3.8, 4) is 23.6 Å². The molecule has 3 aromatic rings. The summed E-state index contributed by atoms with van der Waals surface area (Å²) >= 11 is 1.10. The molecule has 0 unspecified atom stereocenters. The number of benzene rings is 2. The molecule has 32 heavy (non-hydrogen) atoms. The van der Waals surface area contributed by atoms with Crippen LogP contribution in [0.25, 0.3) is 11.6 Å². The summed E-state index contributed by atoms with van der Waals surface area (Å²) in [6.07, 6.45) is 1.71. The summed E-state index contributed by atoms with van der Waals surface area (Å²) < 4.78 is 18.5. The zero-order valence-corrected chi connectivity index (χ0v) is 18.5. The van der Waals surface area contributed by atoms with Crippen LogP contribution >= 0.6 is 11.3 Å². The van der Waals surface area contributed by atoms with Crippen LogP contribution in [0.15, 0.2) is 53.3 Å². The van der Waals surface area contributed by atoms with Gasteiger partial charge >= 0.3 is 0 Å². The van der Waals surface area contributed by atoms with Crippen molar-refractivity contribution in [2.24, 2.45) is 0 Å². The minimum absolute atomic E-state index is 0.107. The van der Waals surface area contributed by atoms with Gasteiger partial charge in [0, 0.05) is 7.11 Å². The van der Waals surface area contributed by atoms with Crippen LogP contribution in [0, 0.1) is 22.7 Å². The lowest BCUT2D eigenvalue weighted by atomic mass is 10.2.